The number of aryl methyl sites for hydroxylation is 2. The topological polar surface area (TPSA) is 38.7 Å². The Hall–Kier alpha value is -2.00. The van der Waals surface area contributed by atoms with Crippen molar-refractivity contribution in [2.75, 3.05) is 13.7 Å². The van der Waals surface area contributed by atoms with Gasteiger partial charge in [-0.15, -0.1) is 0 Å². The lowest BCUT2D eigenvalue weighted by Crippen LogP contribution is -2.30. The fourth-order valence-electron chi connectivity index (χ4n) is 4.49. The fourth-order valence-corrected chi connectivity index (χ4v) is 4.49. The summed E-state index contributed by atoms with van der Waals surface area (Å²) in [5.41, 5.74) is 5.14. The molecule has 3 rings (SSSR count). The van der Waals surface area contributed by atoms with E-state index in [9.17, 15) is 5.11 Å². The normalized spacial score (nSPS) is 17.2. The van der Waals surface area contributed by atoms with E-state index in [-0.39, 0.29) is 5.41 Å². The Balaban J connectivity index is 1.96. The van der Waals surface area contributed by atoms with Gasteiger partial charge in [0.05, 0.1) is 13.2 Å². The number of aliphatic hydroxyl groups excluding tert-OH is 1. The highest BCUT2D eigenvalue weighted by Gasteiger charge is 2.36. The standard InChI is InChI=1S/C25H34O3/c1-5-22(26)17-28-24-12-10-21(16-19(24)3)25(13-7-6-8-14-25)20-9-11-23(27-4)18(2)15-20/h9-12,15-16,22,26H,5-8,13-14,17H2,1-4H3. The third-order valence-electron chi connectivity index (χ3n) is 6.28. The lowest BCUT2D eigenvalue weighted by Gasteiger charge is -2.39. The Labute approximate surface area is 169 Å². The highest BCUT2D eigenvalue weighted by atomic mass is 16.5. The smallest absolute Gasteiger partial charge is 0.122 e. The second kappa shape index (κ2) is 9.00. The maximum Gasteiger partial charge on any atom is 0.122 e. The summed E-state index contributed by atoms with van der Waals surface area (Å²) in [7, 11) is 1.73. The van der Waals surface area contributed by atoms with Gasteiger partial charge in [0.2, 0.25) is 0 Å². The van der Waals surface area contributed by atoms with Gasteiger partial charge in [0, 0.05) is 5.41 Å². The Kier molecular flexibility index (Phi) is 6.66. The molecule has 2 aromatic rings. The molecule has 1 N–H and O–H groups in total. The van der Waals surface area contributed by atoms with Gasteiger partial charge in [0.25, 0.3) is 0 Å². The van der Waals surface area contributed by atoms with Crippen molar-refractivity contribution in [2.24, 2.45) is 0 Å². The van der Waals surface area contributed by atoms with E-state index in [0.29, 0.717) is 13.0 Å². The summed E-state index contributed by atoms with van der Waals surface area (Å²) < 4.78 is 11.3. The Morgan fingerprint density at radius 1 is 0.929 bits per heavy atom. The zero-order chi connectivity index (χ0) is 20.1. The minimum atomic E-state index is -0.411. The van der Waals surface area contributed by atoms with Crippen LogP contribution in [0, 0.1) is 13.8 Å². The van der Waals surface area contributed by atoms with E-state index in [4.69, 9.17) is 9.47 Å². The quantitative estimate of drug-likeness (QED) is 0.666. The van der Waals surface area contributed by atoms with E-state index in [1.165, 1.54) is 48.8 Å². The molecule has 1 fully saturated rings. The summed E-state index contributed by atoms with van der Waals surface area (Å²) in [4.78, 5) is 0. The first-order valence-electron chi connectivity index (χ1n) is 10.6. The number of hydrogen-bond donors (Lipinski definition) is 1. The van der Waals surface area contributed by atoms with Crippen molar-refractivity contribution in [3.05, 3.63) is 58.7 Å². The Bertz CT molecular complexity index is 790. The minimum absolute atomic E-state index is 0.0570. The zero-order valence-corrected chi connectivity index (χ0v) is 17.8. The van der Waals surface area contributed by atoms with Gasteiger partial charge in [-0.3, -0.25) is 0 Å². The minimum Gasteiger partial charge on any atom is -0.496 e. The summed E-state index contributed by atoms with van der Waals surface area (Å²) in [5, 5.41) is 9.79. The first-order chi connectivity index (χ1) is 13.5. The van der Waals surface area contributed by atoms with Crippen molar-refractivity contribution in [1.29, 1.82) is 0 Å². The van der Waals surface area contributed by atoms with Crippen molar-refractivity contribution < 1.29 is 14.6 Å². The average molecular weight is 383 g/mol. The van der Waals surface area contributed by atoms with Crippen LogP contribution >= 0.6 is 0 Å². The van der Waals surface area contributed by atoms with Crippen molar-refractivity contribution >= 4 is 0 Å². The van der Waals surface area contributed by atoms with Crippen LogP contribution < -0.4 is 9.47 Å². The van der Waals surface area contributed by atoms with Crippen LogP contribution in [0.25, 0.3) is 0 Å². The van der Waals surface area contributed by atoms with Gasteiger partial charge in [0.15, 0.2) is 0 Å². The van der Waals surface area contributed by atoms with Gasteiger partial charge in [-0.2, -0.15) is 0 Å². The largest absolute Gasteiger partial charge is 0.496 e. The molecule has 0 amide bonds. The SMILES string of the molecule is CCC(O)COc1ccc(C2(c3ccc(OC)c(C)c3)CCCCC2)cc1C. The van der Waals surface area contributed by atoms with Crippen LogP contribution in [-0.4, -0.2) is 24.9 Å². The number of ether oxygens (including phenoxy) is 2. The van der Waals surface area contributed by atoms with E-state index in [2.05, 4.69) is 50.2 Å². The second-order valence-electron chi connectivity index (χ2n) is 8.18. The van der Waals surface area contributed by atoms with Gasteiger partial charge in [-0.05, 0) is 67.5 Å². The summed E-state index contributed by atoms with van der Waals surface area (Å²) in [6.07, 6.45) is 6.46. The number of rotatable bonds is 7. The van der Waals surface area contributed by atoms with Crippen molar-refractivity contribution in [3.8, 4) is 11.5 Å². The predicted molar refractivity (Wildman–Crippen MR) is 115 cm³/mol. The van der Waals surface area contributed by atoms with Crippen LogP contribution in [0.5, 0.6) is 11.5 Å². The van der Waals surface area contributed by atoms with Crippen LogP contribution in [-0.2, 0) is 5.41 Å². The number of methoxy groups -OCH3 is 1. The summed E-state index contributed by atoms with van der Waals surface area (Å²) in [5.74, 6) is 1.82. The maximum absolute atomic E-state index is 9.79. The highest BCUT2D eigenvalue weighted by Crippen LogP contribution is 2.46. The molecule has 0 radical (unpaired) electrons. The molecule has 1 saturated carbocycles. The molecular formula is C25H34O3. The molecule has 3 nitrogen and oxygen atoms in total. The van der Waals surface area contributed by atoms with E-state index < -0.39 is 6.10 Å². The molecular weight excluding hydrogens is 348 g/mol. The molecule has 1 atom stereocenters. The number of benzene rings is 2. The van der Waals surface area contributed by atoms with E-state index >= 15 is 0 Å². The van der Waals surface area contributed by atoms with E-state index in [1.807, 2.05) is 6.92 Å². The van der Waals surface area contributed by atoms with E-state index in [0.717, 1.165) is 17.1 Å². The third-order valence-corrected chi connectivity index (χ3v) is 6.28. The molecule has 0 heterocycles. The van der Waals surface area contributed by atoms with E-state index in [1.54, 1.807) is 7.11 Å². The molecule has 2 aromatic carbocycles. The third kappa shape index (κ3) is 4.20. The first-order valence-corrected chi connectivity index (χ1v) is 10.6. The summed E-state index contributed by atoms with van der Waals surface area (Å²) in [6, 6.07) is 13.3. The second-order valence-corrected chi connectivity index (χ2v) is 8.18. The average Bonchev–Trinajstić information content (AvgIpc) is 2.73. The molecule has 1 aliphatic carbocycles. The molecule has 28 heavy (non-hydrogen) atoms. The number of aliphatic hydroxyl groups is 1. The molecule has 0 aliphatic heterocycles. The zero-order valence-electron chi connectivity index (χ0n) is 17.8. The lowest BCUT2D eigenvalue weighted by atomic mass is 9.65. The van der Waals surface area contributed by atoms with Gasteiger partial charge in [0.1, 0.15) is 18.1 Å². The Morgan fingerprint density at radius 2 is 1.50 bits per heavy atom. The molecule has 1 aliphatic rings. The molecule has 3 heteroatoms. The van der Waals surface area contributed by atoms with Gasteiger partial charge < -0.3 is 14.6 Å². The molecule has 0 spiro atoms. The molecule has 0 bridgehead atoms. The van der Waals surface area contributed by atoms with Crippen molar-refractivity contribution in [2.45, 2.75) is 70.8 Å². The molecule has 0 saturated heterocycles. The van der Waals surface area contributed by atoms with Crippen LogP contribution in [0.1, 0.15) is 67.7 Å². The molecule has 152 valence electrons. The summed E-state index contributed by atoms with van der Waals surface area (Å²) >= 11 is 0. The van der Waals surface area contributed by atoms with Crippen LogP contribution in [0.3, 0.4) is 0 Å². The first kappa shape index (κ1) is 20.7. The Morgan fingerprint density at radius 3 is 2.00 bits per heavy atom. The van der Waals surface area contributed by atoms with Crippen LogP contribution in [0.2, 0.25) is 0 Å². The lowest BCUT2D eigenvalue weighted by molar-refractivity contribution is 0.104. The number of hydrogen-bond acceptors (Lipinski definition) is 3. The summed E-state index contributed by atoms with van der Waals surface area (Å²) in [6.45, 7) is 6.54. The van der Waals surface area contributed by atoms with Crippen LogP contribution in [0.15, 0.2) is 36.4 Å². The van der Waals surface area contributed by atoms with Gasteiger partial charge in [-0.1, -0.05) is 50.5 Å². The maximum atomic E-state index is 9.79. The molecule has 0 aromatic heterocycles. The van der Waals surface area contributed by atoms with Gasteiger partial charge in [-0.25, -0.2) is 0 Å². The monoisotopic (exact) mass is 382 g/mol. The van der Waals surface area contributed by atoms with Crippen LogP contribution in [0.4, 0.5) is 0 Å². The fraction of sp³-hybridized carbons (Fsp3) is 0.520. The molecule has 1 unspecified atom stereocenters. The van der Waals surface area contributed by atoms with Crippen molar-refractivity contribution in [1.82, 2.24) is 0 Å². The predicted octanol–water partition coefficient (Wildman–Crippen LogP) is 5.71. The van der Waals surface area contributed by atoms with Gasteiger partial charge >= 0.3 is 0 Å². The van der Waals surface area contributed by atoms with Crippen molar-refractivity contribution in [3.63, 3.8) is 0 Å². The highest BCUT2D eigenvalue weighted by molar-refractivity contribution is 5.48.